The first-order chi connectivity index (χ1) is 12.0. The van der Waals surface area contributed by atoms with Gasteiger partial charge in [0, 0.05) is 0 Å². The lowest BCUT2D eigenvalue weighted by atomic mass is 10.1. The minimum absolute atomic E-state index is 0.225. The van der Waals surface area contributed by atoms with Crippen LogP contribution in [0.15, 0.2) is 47.8 Å². The van der Waals surface area contributed by atoms with Crippen molar-refractivity contribution in [2.24, 2.45) is 0 Å². The molecule has 0 aliphatic carbocycles. The lowest BCUT2D eigenvalue weighted by Crippen LogP contribution is -1.96. The van der Waals surface area contributed by atoms with E-state index < -0.39 is 15.6 Å². The van der Waals surface area contributed by atoms with E-state index in [1.807, 2.05) is 6.92 Å². The van der Waals surface area contributed by atoms with Crippen molar-refractivity contribution in [2.75, 3.05) is 6.61 Å². The van der Waals surface area contributed by atoms with Gasteiger partial charge in [-0.1, -0.05) is 41.5 Å². The minimum Gasteiger partial charge on any atom is -0.412 e. The first-order valence-electron chi connectivity index (χ1n) is 8.23. The second-order valence-corrected chi connectivity index (χ2v) is 9.04. The van der Waals surface area contributed by atoms with Crippen LogP contribution in [0, 0.1) is 0 Å². The van der Waals surface area contributed by atoms with Crippen LogP contribution >= 0.6 is 15.6 Å². The quantitative estimate of drug-likeness (QED) is 0.226. The summed E-state index contributed by atoms with van der Waals surface area (Å²) in [5.41, 5.74) is 3.60. The van der Waals surface area contributed by atoms with Crippen LogP contribution in [-0.2, 0) is 22.5 Å². The second kappa shape index (κ2) is 12.4. The third kappa shape index (κ3) is 14.3. The smallest absolute Gasteiger partial charge is 0.412 e. The topological polar surface area (TPSA) is 102 Å². The first-order valence-corrected chi connectivity index (χ1v) is 11.2. The molecule has 0 aromatic carbocycles. The molecule has 0 aliphatic rings. The van der Waals surface area contributed by atoms with E-state index >= 15 is 0 Å². The molecule has 0 heterocycles. The van der Waals surface area contributed by atoms with Gasteiger partial charge in [-0.3, -0.25) is 9.42 Å². The summed E-state index contributed by atoms with van der Waals surface area (Å²) in [6.45, 7) is 11.0. The van der Waals surface area contributed by atoms with E-state index in [0.29, 0.717) is 6.26 Å². The number of hydrogen-bond acceptors (Lipinski definition) is 5. The van der Waals surface area contributed by atoms with Crippen molar-refractivity contribution >= 4 is 15.6 Å². The molecule has 2 N–H and O–H groups in total. The van der Waals surface area contributed by atoms with Crippen molar-refractivity contribution in [2.45, 2.75) is 53.4 Å². The third-order valence-corrected chi connectivity index (χ3v) is 5.75. The highest BCUT2D eigenvalue weighted by Gasteiger charge is 2.35. The molecule has 2 unspecified atom stereocenters. The number of phosphoric acid groups is 2. The predicted molar refractivity (Wildman–Crippen MR) is 103 cm³/mol. The third-order valence-electron chi connectivity index (χ3n) is 3.21. The van der Waals surface area contributed by atoms with E-state index in [1.165, 1.54) is 11.1 Å². The van der Waals surface area contributed by atoms with E-state index in [0.717, 1.165) is 31.3 Å². The molecule has 0 aromatic heterocycles. The van der Waals surface area contributed by atoms with Crippen molar-refractivity contribution in [3.8, 4) is 0 Å². The minimum atomic E-state index is -4.71. The van der Waals surface area contributed by atoms with Crippen LogP contribution in [0.1, 0.15) is 53.4 Å². The van der Waals surface area contributed by atoms with Gasteiger partial charge in [-0.2, -0.15) is 4.31 Å². The van der Waals surface area contributed by atoms with Crippen LogP contribution in [0.5, 0.6) is 0 Å². The molecule has 0 bridgehead atoms. The van der Waals surface area contributed by atoms with Gasteiger partial charge in [-0.05, 0) is 53.4 Å². The number of hydrogen-bond donors (Lipinski definition) is 2. The Morgan fingerprint density at radius 1 is 0.923 bits per heavy atom. The van der Waals surface area contributed by atoms with Crippen molar-refractivity contribution in [3.63, 3.8) is 0 Å². The van der Waals surface area contributed by atoms with Crippen LogP contribution in [0.25, 0.3) is 0 Å². The van der Waals surface area contributed by atoms with Crippen molar-refractivity contribution in [3.05, 3.63) is 47.8 Å². The highest BCUT2D eigenvalue weighted by atomic mass is 31.3. The zero-order valence-corrected chi connectivity index (χ0v) is 17.7. The van der Waals surface area contributed by atoms with Gasteiger partial charge in [0.2, 0.25) is 0 Å². The molecule has 0 rings (SSSR count). The van der Waals surface area contributed by atoms with Crippen molar-refractivity contribution in [1.29, 1.82) is 0 Å². The summed E-state index contributed by atoms with van der Waals surface area (Å²) in [5, 5.41) is 0. The maximum absolute atomic E-state index is 11.6. The lowest BCUT2D eigenvalue weighted by Gasteiger charge is -2.14. The molecule has 0 amide bonds. The molecule has 0 saturated carbocycles. The number of rotatable bonds is 13. The SMILES string of the molecule is C=COP(=O)(O)OP(=O)(O)OCC=C(C)CCC=C(C)CCC=C(C)C. The first kappa shape index (κ1) is 25.1. The molecular weight excluding hydrogens is 378 g/mol. The van der Waals surface area contributed by atoms with E-state index in [9.17, 15) is 14.0 Å². The summed E-state index contributed by atoms with van der Waals surface area (Å²) in [7, 11) is -9.42. The Morgan fingerprint density at radius 2 is 1.46 bits per heavy atom. The summed E-state index contributed by atoms with van der Waals surface area (Å²) in [4.78, 5) is 18.5. The molecule has 26 heavy (non-hydrogen) atoms. The molecule has 9 heteroatoms. The average molecular weight is 408 g/mol. The van der Waals surface area contributed by atoms with Crippen LogP contribution in [0.3, 0.4) is 0 Å². The Labute approximate surface area is 156 Å². The Balaban J connectivity index is 4.29. The predicted octanol–water partition coefficient (Wildman–Crippen LogP) is 5.80. The molecule has 0 aromatic rings. The van der Waals surface area contributed by atoms with Gasteiger partial charge in [-0.25, -0.2) is 9.13 Å². The van der Waals surface area contributed by atoms with Crippen LogP contribution in [-0.4, -0.2) is 16.4 Å². The molecular formula is C17H30O7P2. The van der Waals surface area contributed by atoms with E-state index in [1.54, 1.807) is 6.08 Å². The van der Waals surface area contributed by atoms with Crippen LogP contribution in [0.4, 0.5) is 0 Å². The van der Waals surface area contributed by atoms with E-state index in [4.69, 9.17) is 4.89 Å². The lowest BCUT2D eigenvalue weighted by molar-refractivity contribution is 0.186. The van der Waals surface area contributed by atoms with Crippen LogP contribution < -0.4 is 0 Å². The highest BCUT2D eigenvalue weighted by Crippen LogP contribution is 2.60. The fourth-order valence-corrected chi connectivity index (χ4v) is 3.72. The molecule has 0 aliphatic heterocycles. The molecule has 0 radical (unpaired) electrons. The summed E-state index contributed by atoms with van der Waals surface area (Å²) < 4.78 is 35.6. The number of allylic oxidation sites excluding steroid dienone is 5. The van der Waals surface area contributed by atoms with E-state index in [2.05, 4.69) is 52.9 Å². The Bertz CT molecular complexity index is 631. The molecule has 7 nitrogen and oxygen atoms in total. The second-order valence-electron chi connectivity index (χ2n) is 6.05. The van der Waals surface area contributed by atoms with Gasteiger partial charge in [0.05, 0.1) is 12.9 Å². The van der Waals surface area contributed by atoms with E-state index in [-0.39, 0.29) is 6.61 Å². The highest BCUT2D eigenvalue weighted by molar-refractivity contribution is 7.61. The standard InChI is InChI=1S/C17H30O7P2/c1-6-22-25(18,19)24-26(20,21)23-14-13-17(5)12-8-11-16(4)10-7-9-15(2)3/h6,9,11,13H,1,7-8,10,12,14H2,2-5H3,(H,18,19)(H,20,21). The summed E-state index contributed by atoms with van der Waals surface area (Å²) in [6, 6.07) is 0. The molecule has 0 saturated heterocycles. The fourth-order valence-electron chi connectivity index (χ4n) is 1.88. The molecule has 0 fully saturated rings. The van der Waals surface area contributed by atoms with Crippen molar-refractivity contribution in [1.82, 2.24) is 0 Å². The van der Waals surface area contributed by atoms with Gasteiger partial charge < -0.3 is 9.42 Å². The maximum Gasteiger partial charge on any atom is 0.535 e. The Hall–Kier alpha value is -0.940. The van der Waals surface area contributed by atoms with Gasteiger partial charge in [0.15, 0.2) is 0 Å². The molecule has 0 spiro atoms. The van der Waals surface area contributed by atoms with Gasteiger partial charge >= 0.3 is 15.6 Å². The van der Waals surface area contributed by atoms with Crippen LogP contribution in [0.2, 0.25) is 0 Å². The largest absolute Gasteiger partial charge is 0.535 e. The summed E-state index contributed by atoms with van der Waals surface area (Å²) in [6.07, 6.45) is 10.3. The summed E-state index contributed by atoms with van der Waals surface area (Å²) in [5.74, 6) is 0. The zero-order chi connectivity index (χ0) is 20.2. The van der Waals surface area contributed by atoms with Gasteiger partial charge in [0.1, 0.15) is 0 Å². The molecule has 150 valence electrons. The fraction of sp³-hybridized carbons (Fsp3) is 0.529. The van der Waals surface area contributed by atoms with Crippen molar-refractivity contribution < 1.29 is 32.3 Å². The average Bonchev–Trinajstić information content (AvgIpc) is 2.45. The van der Waals surface area contributed by atoms with Gasteiger partial charge in [0.25, 0.3) is 0 Å². The van der Waals surface area contributed by atoms with Gasteiger partial charge in [-0.15, -0.1) is 0 Å². The maximum atomic E-state index is 11.6. The normalized spacial score (nSPS) is 17.2. The monoisotopic (exact) mass is 408 g/mol. The molecule has 2 atom stereocenters. The Morgan fingerprint density at radius 3 is 2.00 bits per heavy atom. The number of phosphoric ester groups is 2. The Kier molecular flexibility index (Phi) is 12.0. The zero-order valence-electron chi connectivity index (χ0n) is 15.9. The summed E-state index contributed by atoms with van der Waals surface area (Å²) >= 11 is 0.